The molecule has 1 saturated heterocycles. The van der Waals surface area contributed by atoms with Crippen LogP contribution >= 0.6 is 24.0 Å². The molecule has 15 heavy (non-hydrogen) atoms. The number of nitrogens with zero attached hydrogens (tertiary/aromatic N) is 1. The monoisotopic (exact) mass is 238 g/mol. The number of carbonyl (C=O) groups excluding carboxylic acids is 1. The van der Waals surface area contributed by atoms with Crippen molar-refractivity contribution in [2.75, 3.05) is 6.54 Å². The van der Waals surface area contributed by atoms with Gasteiger partial charge in [-0.15, -0.1) is 0 Å². The van der Waals surface area contributed by atoms with Crippen LogP contribution < -0.4 is 0 Å². The minimum Gasteiger partial charge on any atom is -0.362 e. The number of amides is 1. The molecule has 5 heteroatoms. The molecule has 0 aromatic carbocycles. The molecule has 1 aliphatic rings. The standard InChI is InChI=1S/C10H10N2OS2/c1-2-12-9(13)8(15-10(12)14)6-7-4-3-5-11-7/h3-6,11H,2H2,1H3. The number of carbonyl (C=O) groups is 1. The van der Waals surface area contributed by atoms with Crippen molar-refractivity contribution in [2.45, 2.75) is 6.92 Å². The molecular formula is C10H10N2OS2. The summed E-state index contributed by atoms with van der Waals surface area (Å²) in [5.41, 5.74) is 0.923. The van der Waals surface area contributed by atoms with Gasteiger partial charge in [0, 0.05) is 18.4 Å². The van der Waals surface area contributed by atoms with Gasteiger partial charge >= 0.3 is 0 Å². The number of thioether (sulfide) groups is 1. The van der Waals surface area contributed by atoms with Crippen molar-refractivity contribution >= 4 is 40.3 Å². The Morgan fingerprint density at radius 2 is 2.47 bits per heavy atom. The van der Waals surface area contributed by atoms with Crippen molar-refractivity contribution in [3.63, 3.8) is 0 Å². The van der Waals surface area contributed by atoms with Crippen LogP contribution in [-0.4, -0.2) is 26.7 Å². The van der Waals surface area contributed by atoms with Gasteiger partial charge in [-0.2, -0.15) is 0 Å². The first-order valence-corrected chi connectivity index (χ1v) is 5.83. The summed E-state index contributed by atoms with van der Waals surface area (Å²) in [5.74, 6) is 0.00194. The number of nitrogens with one attached hydrogen (secondary N) is 1. The maximum atomic E-state index is 11.8. The average Bonchev–Trinajstić information content (AvgIpc) is 2.78. The van der Waals surface area contributed by atoms with E-state index < -0.39 is 0 Å². The Bertz CT molecular complexity index is 423. The lowest BCUT2D eigenvalue weighted by Crippen LogP contribution is -2.27. The summed E-state index contributed by atoms with van der Waals surface area (Å²) in [6, 6.07) is 3.81. The van der Waals surface area contributed by atoms with E-state index >= 15 is 0 Å². The smallest absolute Gasteiger partial charge is 0.266 e. The highest BCUT2D eigenvalue weighted by Crippen LogP contribution is 2.31. The van der Waals surface area contributed by atoms with E-state index in [1.54, 1.807) is 4.90 Å². The summed E-state index contributed by atoms with van der Waals surface area (Å²) in [4.78, 5) is 17.1. The molecule has 1 aromatic rings. The SMILES string of the molecule is CCN1C(=O)C(=Cc2ccc[nH]2)SC1=S. The first kappa shape index (κ1) is 10.4. The molecule has 1 aromatic heterocycles. The summed E-state index contributed by atoms with van der Waals surface area (Å²) in [5, 5.41) is 0. The van der Waals surface area contributed by atoms with E-state index in [2.05, 4.69) is 4.98 Å². The lowest BCUT2D eigenvalue weighted by Gasteiger charge is -2.09. The van der Waals surface area contributed by atoms with Crippen molar-refractivity contribution in [1.29, 1.82) is 0 Å². The highest BCUT2D eigenvalue weighted by molar-refractivity contribution is 8.26. The second-order valence-corrected chi connectivity index (χ2v) is 4.73. The van der Waals surface area contributed by atoms with Crippen molar-refractivity contribution in [3.05, 3.63) is 28.9 Å². The number of aromatic nitrogens is 1. The Balaban J connectivity index is 2.26. The van der Waals surface area contributed by atoms with E-state index in [9.17, 15) is 4.79 Å². The highest BCUT2D eigenvalue weighted by atomic mass is 32.2. The van der Waals surface area contributed by atoms with Crippen LogP contribution in [0.15, 0.2) is 23.2 Å². The zero-order valence-corrected chi connectivity index (χ0v) is 9.82. The third-order valence-electron chi connectivity index (χ3n) is 2.10. The quantitative estimate of drug-likeness (QED) is 0.634. The topological polar surface area (TPSA) is 36.1 Å². The van der Waals surface area contributed by atoms with Crippen LogP contribution in [0.4, 0.5) is 0 Å². The van der Waals surface area contributed by atoms with E-state index in [0.717, 1.165) is 5.69 Å². The summed E-state index contributed by atoms with van der Waals surface area (Å²) < 4.78 is 0.639. The Kier molecular flexibility index (Phi) is 2.93. The zero-order valence-electron chi connectivity index (χ0n) is 8.19. The van der Waals surface area contributed by atoms with E-state index in [0.29, 0.717) is 15.8 Å². The van der Waals surface area contributed by atoms with Gasteiger partial charge in [0.05, 0.1) is 4.91 Å². The number of hydrogen-bond acceptors (Lipinski definition) is 3. The number of H-pyrrole nitrogens is 1. The van der Waals surface area contributed by atoms with Gasteiger partial charge in [0.15, 0.2) is 0 Å². The van der Waals surface area contributed by atoms with Crippen molar-refractivity contribution in [3.8, 4) is 0 Å². The fourth-order valence-corrected chi connectivity index (χ4v) is 2.72. The van der Waals surface area contributed by atoms with Crippen LogP contribution in [0.25, 0.3) is 6.08 Å². The second kappa shape index (κ2) is 4.20. The molecule has 2 heterocycles. The largest absolute Gasteiger partial charge is 0.362 e. The number of thiocarbonyl (C=S) groups is 1. The van der Waals surface area contributed by atoms with Crippen molar-refractivity contribution in [1.82, 2.24) is 9.88 Å². The third-order valence-corrected chi connectivity index (χ3v) is 3.48. The average molecular weight is 238 g/mol. The maximum absolute atomic E-state index is 11.8. The van der Waals surface area contributed by atoms with Gasteiger partial charge in [-0.3, -0.25) is 9.69 Å². The Morgan fingerprint density at radius 3 is 3.00 bits per heavy atom. The van der Waals surface area contributed by atoms with Gasteiger partial charge in [-0.05, 0) is 25.1 Å². The van der Waals surface area contributed by atoms with Gasteiger partial charge in [0.1, 0.15) is 4.32 Å². The van der Waals surface area contributed by atoms with Gasteiger partial charge < -0.3 is 4.98 Å². The molecule has 3 nitrogen and oxygen atoms in total. The molecule has 0 spiro atoms. The predicted molar refractivity (Wildman–Crippen MR) is 66.3 cm³/mol. The zero-order chi connectivity index (χ0) is 10.8. The Hall–Kier alpha value is -1.07. The van der Waals surface area contributed by atoms with E-state index in [1.165, 1.54) is 11.8 Å². The first-order chi connectivity index (χ1) is 7.22. The molecule has 1 aliphatic heterocycles. The van der Waals surface area contributed by atoms with Crippen LogP contribution in [-0.2, 0) is 4.79 Å². The Labute approximate surface area is 97.5 Å². The summed E-state index contributed by atoms with van der Waals surface area (Å²) in [7, 11) is 0. The van der Waals surface area contributed by atoms with Gasteiger partial charge in [-0.1, -0.05) is 24.0 Å². The second-order valence-electron chi connectivity index (χ2n) is 3.05. The van der Waals surface area contributed by atoms with Crippen LogP contribution in [0.3, 0.4) is 0 Å². The van der Waals surface area contributed by atoms with Crippen molar-refractivity contribution in [2.24, 2.45) is 0 Å². The van der Waals surface area contributed by atoms with E-state index in [4.69, 9.17) is 12.2 Å². The van der Waals surface area contributed by atoms with Crippen LogP contribution in [0.2, 0.25) is 0 Å². The normalized spacial score (nSPS) is 19.3. The van der Waals surface area contributed by atoms with E-state index in [-0.39, 0.29) is 5.91 Å². The van der Waals surface area contributed by atoms with Gasteiger partial charge in [-0.25, -0.2) is 0 Å². The molecule has 0 bridgehead atoms. The first-order valence-electron chi connectivity index (χ1n) is 4.61. The lowest BCUT2D eigenvalue weighted by atomic mass is 10.3. The van der Waals surface area contributed by atoms with Crippen molar-refractivity contribution < 1.29 is 4.79 Å². The minimum absolute atomic E-state index is 0.00194. The van der Waals surface area contributed by atoms with E-state index in [1.807, 2.05) is 31.3 Å². The molecule has 0 aliphatic carbocycles. The summed E-state index contributed by atoms with van der Waals surface area (Å²) in [6.07, 6.45) is 3.65. The highest BCUT2D eigenvalue weighted by Gasteiger charge is 2.30. The lowest BCUT2D eigenvalue weighted by molar-refractivity contribution is -0.121. The fourth-order valence-electron chi connectivity index (χ4n) is 1.35. The molecule has 1 fully saturated rings. The van der Waals surface area contributed by atoms with Gasteiger partial charge in [0.2, 0.25) is 0 Å². The van der Waals surface area contributed by atoms with Crippen LogP contribution in [0.1, 0.15) is 12.6 Å². The number of likely N-dealkylation sites (N-methyl/N-ethyl adjacent to an activating group) is 1. The maximum Gasteiger partial charge on any atom is 0.266 e. The van der Waals surface area contributed by atoms with Crippen LogP contribution in [0.5, 0.6) is 0 Å². The molecule has 0 saturated carbocycles. The number of hydrogen-bond donors (Lipinski definition) is 1. The molecule has 2 rings (SSSR count). The summed E-state index contributed by atoms with van der Waals surface area (Å²) >= 11 is 6.46. The Morgan fingerprint density at radius 1 is 1.67 bits per heavy atom. The molecule has 0 radical (unpaired) electrons. The molecule has 0 atom stereocenters. The third kappa shape index (κ3) is 1.98. The number of rotatable bonds is 2. The number of aromatic amines is 1. The van der Waals surface area contributed by atoms with Gasteiger partial charge in [0.25, 0.3) is 5.91 Å². The minimum atomic E-state index is 0.00194. The molecule has 1 N–H and O–H groups in total. The molecule has 0 unspecified atom stereocenters. The molecular weight excluding hydrogens is 228 g/mol. The fraction of sp³-hybridized carbons (Fsp3) is 0.200. The molecule has 1 amide bonds. The predicted octanol–water partition coefficient (Wildman–Crippen LogP) is 2.24. The van der Waals surface area contributed by atoms with Crippen LogP contribution in [0, 0.1) is 0 Å². The summed E-state index contributed by atoms with van der Waals surface area (Å²) in [6.45, 7) is 2.55. The molecule has 78 valence electrons.